The first-order valence-electron chi connectivity index (χ1n) is 11.3. The number of rotatable bonds is 3. The first-order chi connectivity index (χ1) is 15.0. The number of aryl methyl sites for hydroxylation is 2. The Labute approximate surface area is 186 Å². The minimum absolute atomic E-state index is 0.161. The highest BCUT2D eigenvalue weighted by Crippen LogP contribution is 2.40. The van der Waals surface area contributed by atoms with E-state index in [1.165, 1.54) is 33.4 Å². The molecule has 0 aromatic heterocycles. The normalized spacial score (nSPS) is 22.4. The molecule has 0 spiro atoms. The van der Waals surface area contributed by atoms with Gasteiger partial charge in [-0.1, -0.05) is 78.4 Å². The summed E-state index contributed by atoms with van der Waals surface area (Å²) in [6.45, 7) is 10.5. The van der Waals surface area contributed by atoms with Gasteiger partial charge in [-0.2, -0.15) is 0 Å². The highest BCUT2D eigenvalue weighted by atomic mass is 19.1. The molecule has 0 amide bonds. The summed E-state index contributed by atoms with van der Waals surface area (Å²) in [5.41, 5.74) is 10.5. The van der Waals surface area contributed by atoms with Gasteiger partial charge in [-0.25, -0.2) is 4.39 Å². The second-order valence-corrected chi connectivity index (χ2v) is 8.83. The Morgan fingerprint density at radius 2 is 1.87 bits per heavy atom. The molecular weight excluding hydrogens is 379 g/mol. The van der Waals surface area contributed by atoms with Gasteiger partial charge in [-0.3, -0.25) is 0 Å². The van der Waals surface area contributed by atoms with Gasteiger partial charge in [0.2, 0.25) is 0 Å². The van der Waals surface area contributed by atoms with Gasteiger partial charge in [-0.15, -0.1) is 0 Å². The van der Waals surface area contributed by atoms with Gasteiger partial charge in [0.1, 0.15) is 5.82 Å². The third-order valence-electron chi connectivity index (χ3n) is 6.61. The number of benzene rings is 2. The van der Waals surface area contributed by atoms with Crippen LogP contribution in [-0.2, 0) is 0 Å². The SMILES string of the molecule is C=Cc1cccc(F)c1C1=C/C2=C/C(c3ccc(C)cc3C)=C\CC=C(C)C2CCC1. The first-order valence-corrected chi connectivity index (χ1v) is 11.3. The molecular formula is C30H31F. The minimum Gasteiger partial charge on any atom is -0.206 e. The molecule has 0 saturated heterocycles. The van der Waals surface area contributed by atoms with E-state index in [-0.39, 0.29) is 5.82 Å². The fourth-order valence-corrected chi connectivity index (χ4v) is 4.99. The summed E-state index contributed by atoms with van der Waals surface area (Å²) in [5.74, 6) is 0.219. The van der Waals surface area contributed by atoms with Crippen LogP contribution in [0.4, 0.5) is 4.39 Å². The van der Waals surface area contributed by atoms with Crippen molar-refractivity contribution in [3.63, 3.8) is 0 Å². The maximum absolute atomic E-state index is 14.9. The minimum atomic E-state index is -0.161. The van der Waals surface area contributed by atoms with Crippen molar-refractivity contribution in [1.82, 2.24) is 0 Å². The Bertz CT molecular complexity index is 1140. The summed E-state index contributed by atoms with van der Waals surface area (Å²) in [5, 5.41) is 0. The number of hydrogen-bond acceptors (Lipinski definition) is 0. The van der Waals surface area contributed by atoms with Gasteiger partial charge in [0.25, 0.3) is 0 Å². The lowest BCUT2D eigenvalue weighted by Crippen LogP contribution is -2.06. The largest absolute Gasteiger partial charge is 0.206 e. The van der Waals surface area contributed by atoms with E-state index >= 15 is 0 Å². The molecule has 4 rings (SSSR count). The molecule has 2 aromatic carbocycles. The second-order valence-electron chi connectivity index (χ2n) is 8.83. The Balaban J connectivity index is 1.88. The quantitative estimate of drug-likeness (QED) is 0.444. The van der Waals surface area contributed by atoms with Gasteiger partial charge in [0.15, 0.2) is 0 Å². The summed E-state index contributed by atoms with van der Waals surface area (Å²) < 4.78 is 14.9. The maximum Gasteiger partial charge on any atom is 0.131 e. The number of hydrogen-bond donors (Lipinski definition) is 0. The van der Waals surface area contributed by atoms with Gasteiger partial charge >= 0.3 is 0 Å². The summed E-state index contributed by atoms with van der Waals surface area (Å²) in [7, 11) is 0. The van der Waals surface area contributed by atoms with E-state index in [9.17, 15) is 4.39 Å². The Morgan fingerprint density at radius 3 is 2.65 bits per heavy atom. The van der Waals surface area contributed by atoms with Crippen LogP contribution in [-0.4, -0.2) is 0 Å². The molecule has 0 aliphatic heterocycles. The molecule has 0 bridgehead atoms. The molecule has 0 radical (unpaired) electrons. The van der Waals surface area contributed by atoms with Gasteiger partial charge in [0, 0.05) is 11.5 Å². The zero-order valence-electron chi connectivity index (χ0n) is 18.8. The summed E-state index contributed by atoms with van der Waals surface area (Å²) in [6, 6.07) is 11.9. The van der Waals surface area contributed by atoms with Crippen LogP contribution < -0.4 is 0 Å². The molecule has 1 unspecified atom stereocenters. The van der Waals surface area contributed by atoms with Crippen molar-refractivity contribution in [2.75, 3.05) is 0 Å². The van der Waals surface area contributed by atoms with E-state index in [1.807, 2.05) is 6.07 Å². The molecule has 0 nitrogen and oxygen atoms in total. The lowest BCUT2D eigenvalue weighted by atomic mass is 9.84. The van der Waals surface area contributed by atoms with Crippen LogP contribution in [0.2, 0.25) is 0 Å². The number of fused-ring (bicyclic) bond motifs is 1. The Kier molecular flexibility index (Phi) is 6.23. The summed E-state index contributed by atoms with van der Waals surface area (Å²) in [4.78, 5) is 0. The Hall–Kier alpha value is -2.93. The molecule has 1 heteroatoms. The molecule has 0 saturated carbocycles. The van der Waals surface area contributed by atoms with Crippen molar-refractivity contribution in [3.8, 4) is 0 Å². The molecule has 0 fully saturated rings. The van der Waals surface area contributed by atoms with E-state index in [0.717, 1.165) is 36.8 Å². The zero-order valence-corrected chi connectivity index (χ0v) is 18.8. The average molecular weight is 411 g/mol. The molecule has 0 N–H and O–H groups in total. The molecule has 2 aromatic rings. The molecule has 2 aliphatic rings. The van der Waals surface area contributed by atoms with Crippen LogP contribution in [0, 0.1) is 25.6 Å². The Morgan fingerprint density at radius 1 is 1.03 bits per heavy atom. The fraction of sp³-hybridized carbons (Fsp3) is 0.267. The maximum atomic E-state index is 14.9. The van der Waals surface area contributed by atoms with Gasteiger partial charge in [0.05, 0.1) is 0 Å². The van der Waals surface area contributed by atoms with Gasteiger partial charge < -0.3 is 0 Å². The summed E-state index contributed by atoms with van der Waals surface area (Å²) in [6.07, 6.45) is 15.0. The molecule has 2 aliphatic carbocycles. The third-order valence-corrected chi connectivity index (χ3v) is 6.61. The highest BCUT2D eigenvalue weighted by molar-refractivity contribution is 5.81. The van der Waals surface area contributed by atoms with Crippen LogP contribution in [0.25, 0.3) is 17.2 Å². The summed E-state index contributed by atoms with van der Waals surface area (Å²) >= 11 is 0. The number of allylic oxidation sites excluding steroid dienone is 8. The van der Waals surface area contributed by atoms with Crippen molar-refractivity contribution in [2.45, 2.75) is 46.5 Å². The monoisotopic (exact) mass is 410 g/mol. The van der Waals surface area contributed by atoms with E-state index in [4.69, 9.17) is 0 Å². The highest BCUT2D eigenvalue weighted by Gasteiger charge is 2.23. The zero-order chi connectivity index (χ0) is 22.0. The van der Waals surface area contributed by atoms with E-state index < -0.39 is 0 Å². The lowest BCUT2D eigenvalue weighted by molar-refractivity contribution is 0.616. The van der Waals surface area contributed by atoms with Crippen LogP contribution >= 0.6 is 0 Å². The fourth-order valence-electron chi connectivity index (χ4n) is 4.99. The third kappa shape index (κ3) is 4.42. The van der Waals surface area contributed by atoms with Crippen molar-refractivity contribution in [2.24, 2.45) is 5.92 Å². The molecule has 1 atom stereocenters. The molecule has 0 heterocycles. The van der Waals surface area contributed by atoms with Crippen LogP contribution in [0.5, 0.6) is 0 Å². The van der Waals surface area contributed by atoms with Crippen LogP contribution in [0.1, 0.15) is 60.4 Å². The average Bonchev–Trinajstić information content (AvgIpc) is 2.93. The van der Waals surface area contributed by atoms with E-state index in [1.54, 1.807) is 18.2 Å². The van der Waals surface area contributed by atoms with Crippen molar-refractivity contribution >= 4 is 17.2 Å². The van der Waals surface area contributed by atoms with Crippen LogP contribution in [0.15, 0.2) is 78.4 Å². The second kappa shape index (κ2) is 9.06. The predicted molar refractivity (Wildman–Crippen MR) is 132 cm³/mol. The first kappa shape index (κ1) is 21.3. The van der Waals surface area contributed by atoms with Crippen LogP contribution in [0.3, 0.4) is 0 Å². The number of halogens is 1. The van der Waals surface area contributed by atoms with E-state index in [0.29, 0.717) is 11.5 Å². The molecule has 31 heavy (non-hydrogen) atoms. The topological polar surface area (TPSA) is 0 Å². The van der Waals surface area contributed by atoms with Crippen molar-refractivity contribution in [1.29, 1.82) is 0 Å². The lowest BCUT2D eigenvalue weighted by Gasteiger charge is -2.21. The van der Waals surface area contributed by atoms with Crippen molar-refractivity contribution < 1.29 is 4.39 Å². The molecule has 158 valence electrons. The van der Waals surface area contributed by atoms with E-state index in [2.05, 4.69) is 69.9 Å². The predicted octanol–water partition coefficient (Wildman–Crippen LogP) is 8.63. The standard InChI is InChI=1S/C30H31F/c1-5-23-10-8-14-29(31)30(23)25-12-7-13-27-21(3)9-6-11-24(18-26(27)19-25)28-16-15-20(2)17-22(28)4/h5,8-11,14-19,27H,1,6-7,12-13H2,2-4H3/b21-9?,24-11+,26-18-. The smallest absolute Gasteiger partial charge is 0.131 e. The van der Waals surface area contributed by atoms with Gasteiger partial charge in [-0.05, 0) is 85.9 Å². The van der Waals surface area contributed by atoms with Crippen molar-refractivity contribution in [3.05, 3.63) is 112 Å².